The molecule has 9 N–H and O–H groups in total. The van der Waals surface area contributed by atoms with E-state index < -0.39 is 68.1 Å². The van der Waals surface area contributed by atoms with Crippen molar-refractivity contribution in [3.63, 3.8) is 0 Å². The number of rotatable bonds is 8. The molecule has 0 spiro atoms. The summed E-state index contributed by atoms with van der Waals surface area (Å²) in [5, 5.41) is 85.7. The number of aliphatic hydroxyl groups is 9. The molecule has 9 atom stereocenters. The summed E-state index contributed by atoms with van der Waals surface area (Å²) in [4.78, 5) is -0.540. The van der Waals surface area contributed by atoms with Gasteiger partial charge in [0.1, 0.15) is 0 Å². The Kier molecular flexibility index (Phi) is 8.13. The van der Waals surface area contributed by atoms with Crippen molar-refractivity contribution in [3.05, 3.63) is 0 Å². The van der Waals surface area contributed by atoms with Gasteiger partial charge >= 0.3 is 131 Å². The number of aliphatic hydroxyl groups excluding tert-OH is 9. The first kappa shape index (κ1) is 20.2. The average Bonchev–Trinajstić information content (AvgIpc) is 2.77. The molecule has 0 saturated carbocycles. The fraction of sp³-hybridized carbons (Fsp3) is 1.00. The van der Waals surface area contributed by atoms with Crippen molar-refractivity contribution in [1.82, 2.24) is 0 Å². The Balaban J connectivity index is 2.62. The molecule has 0 aromatic rings. The van der Waals surface area contributed by atoms with Crippen LogP contribution in [0.25, 0.3) is 0 Å². The number of hydrogen-bond donors (Lipinski definition) is 9. The normalized spacial score (nSPS) is 35.9. The predicted octanol–water partition coefficient (Wildman–Crippen LogP) is -4.62. The van der Waals surface area contributed by atoms with Crippen molar-refractivity contribution in [3.8, 4) is 0 Å². The van der Waals surface area contributed by atoms with Gasteiger partial charge in [0, 0.05) is 0 Å². The van der Waals surface area contributed by atoms with E-state index in [2.05, 4.69) is 0 Å². The molecule has 132 valence electrons. The molecule has 0 aliphatic carbocycles. The monoisotopic (exact) mass is 393 g/mol. The molecule has 1 heterocycles. The topological polar surface area (TPSA) is 182 Å². The van der Waals surface area contributed by atoms with Gasteiger partial charge in [0.15, 0.2) is 0 Å². The summed E-state index contributed by atoms with van der Waals surface area (Å²) >= 11 is -1.84. The molecule has 1 rings (SSSR count). The fourth-order valence-electron chi connectivity index (χ4n) is 2.37. The van der Waals surface area contributed by atoms with Gasteiger partial charge in [0.25, 0.3) is 0 Å². The van der Waals surface area contributed by atoms with Crippen LogP contribution in [0, 0.1) is 0 Å². The van der Waals surface area contributed by atoms with Crippen LogP contribution < -0.4 is 0 Å². The van der Waals surface area contributed by atoms with Gasteiger partial charge in [-0.1, -0.05) is 0 Å². The average molecular weight is 392 g/mol. The second-order valence-electron chi connectivity index (χ2n) is 5.44. The minimum absolute atomic E-state index is 0.000483. The van der Waals surface area contributed by atoms with E-state index in [4.69, 9.17) is 5.11 Å². The molecule has 0 bridgehead atoms. The molecule has 0 aromatic carbocycles. The van der Waals surface area contributed by atoms with Crippen LogP contribution in [0.3, 0.4) is 0 Å². The van der Waals surface area contributed by atoms with Crippen molar-refractivity contribution in [2.75, 3.05) is 13.2 Å². The fourth-order valence-corrected chi connectivity index (χ4v) is 8.02. The van der Waals surface area contributed by atoms with Crippen LogP contribution in [0.5, 0.6) is 0 Å². The van der Waals surface area contributed by atoms with Crippen molar-refractivity contribution < 1.29 is 46.0 Å². The van der Waals surface area contributed by atoms with Crippen LogP contribution in [0.1, 0.15) is 0 Å². The van der Waals surface area contributed by atoms with Gasteiger partial charge in [-0.3, -0.25) is 0 Å². The molecule has 10 heteroatoms. The van der Waals surface area contributed by atoms with E-state index in [0.29, 0.717) is 0 Å². The third kappa shape index (κ3) is 4.59. The van der Waals surface area contributed by atoms with Crippen LogP contribution >= 0.6 is 0 Å². The van der Waals surface area contributed by atoms with Gasteiger partial charge in [-0.05, 0) is 0 Å². The Labute approximate surface area is 132 Å². The molecule has 0 aromatic heterocycles. The second kappa shape index (κ2) is 8.86. The zero-order valence-electron chi connectivity index (χ0n) is 11.9. The summed E-state index contributed by atoms with van der Waals surface area (Å²) in [7, 11) is 0. The van der Waals surface area contributed by atoms with Gasteiger partial charge in [-0.15, -0.1) is 0 Å². The van der Waals surface area contributed by atoms with Crippen LogP contribution in [-0.2, 0) is 0 Å². The molecular weight excluding hydrogens is 367 g/mol. The molecule has 0 radical (unpaired) electrons. The maximum atomic E-state index is 9.96. The van der Waals surface area contributed by atoms with Gasteiger partial charge < -0.3 is 0 Å². The van der Waals surface area contributed by atoms with E-state index in [1.54, 1.807) is 0 Å². The summed E-state index contributed by atoms with van der Waals surface area (Å²) in [6.45, 7) is -1.16. The Morgan fingerprint density at radius 2 is 1.41 bits per heavy atom. The molecule has 22 heavy (non-hydrogen) atoms. The van der Waals surface area contributed by atoms with Crippen LogP contribution in [0.2, 0.25) is 15.5 Å². The minimum atomic E-state index is -1.87. The maximum absolute atomic E-state index is 9.96. The Morgan fingerprint density at radius 3 is 1.91 bits per heavy atom. The molecule has 9 nitrogen and oxygen atoms in total. The number of hydrogen-bond acceptors (Lipinski definition) is 9. The third-order valence-corrected chi connectivity index (χ3v) is 9.75. The standard InChI is InChI=1S/C12H25O9Se/c13-1-5(15)10(19)12(21)11(20)7(17)4-22-3-6(16)9(18)8(22)2-14/h5-21H,1-4H2/q+1/t5-,6-,7-,8-,9+,10-,11-,12-,22?/m1/s1. The third-order valence-electron chi connectivity index (χ3n) is 3.83. The first-order chi connectivity index (χ1) is 10.2. The van der Waals surface area contributed by atoms with Gasteiger partial charge in [-0.2, -0.15) is 0 Å². The van der Waals surface area contributed by atoms with E-state index in [0.717, 1.165) is 0 Å². The Morgan fingerprint density at radius 1 is 0.864 bits per heavy atom. The first-order valence-electron chi connectivity index (χ1n) is 6.89. The van der Waals surface area contributed by atoms with E-state index >= 15 is 0 Å². The van der Waals surface area contributed by atoms with Crippen LogP contribution in [0.4, 0.5) is 0 Å². The molecular formula is C12H25O9Se+. The van der Waals surface area contributed by atoms with Crippen molar-refractivity contribution >= 4 is 13.9 Å². The van der Waals surface area contributed by atoms with Crippen molar-refractivity contribution in [2.45, 2.75) is 58.2 Å². The van der Waals surface area contributed by atoms with Crippen LogP contribution in [0.15, 0.2) is 0 Å². The Hall–Kier alpha value is 0.159. The van der Waals surface area contributed by atoms with Crippen LogP contribution in [-0.4, -0.2) is 116 Å². The second-order valence-corrected chi connectivity index (χ2v) is 10.4. The Bertz CT molecular complexity index is 334. The predicted molar refractivity (Wildman–Crippen MR) is 75.3 cm³/mol. The molecule has 1 saturated heterocycles. The first-order valence-corrected chi connectivity index (χ1v) is 10.3. The zero-order valence-corrected chi connectivity index (χ0v) is 13.6. The summed E-state index contributed by atoms with van der Waals surface area (Å²) < 4.78 is 0. The van der Waals surface area contributed by atoms with Gasteiger partial charge in [-0.25, -0.2) is 0 Å². The molecule has 1 fully saturated rings. The quantitative estimate of drug-likeness (QED) is 0.184. The van der Waals surface area contributed by atoms with Gasteiger partial charge in [0.2, 0.25) is 0 Å². The molecule has 1 unspecified atom stereocenters. The summed E-state index contributed by atoms with van der Waals surface area (Å²) in [5.74, 6) is 0. The molecule has 1 aliphatic heterocycles. The SMILES string of the molecule is OC[C@@H](O)[C@@H](O)[C@@H](O)[C@H](O)[C@H](O)C[Se+]1C[C@@H](O)[C@H](O)[C@H]1CO. The zero-order chi connectivity index (χ0) is 17.0. The molecule has 1 aliphatic rings. The van der Waals surface area contributed by atoms with Crippen molar-refractivity contribution in [2.24, 2.45) is 0 Å². The van der Waals surface area contributed by atoms with E-state index in [1.165, 1.54) is 0 Å². The summed E-state index contributed by atoms with van der Waals surface area (Å²) in [6, 6.07) is 0. The van der Waals surface area contributed by atoms with E-state index in [1.807, 2.05) is 0 Å². The van der Waals surface area contributed by atoms with E-state index in [9.17, 15) is 40.9 Å². The van der Waals surface area contributed by atoms with Crippen molar-refractivity contribution in [1.29, 1.82) is 0 Å². The summed E-state index contributed by atoms with van der Waals surface area (Å²) in [6.07, 6.45) is -10.6. The van der Waals surface area contributed by atoms with E-state index in [-0.39, 0.29) is 17.2 Å². The van der Waals surface area contributed by atoms with Gasteiger partial charge in [0.05, 0.1) is 0 Å². The molecule has 0 amide bonds. The summed E-state index contributed by atoms with van der Waals surface area (Å²) in [5.41, 5.74) is 0.